The fourth-order valence-electron chi connectivity index (χ4n) is 2.13. The standard InChI is InChI=1S/C21H25N3O2/c1-16-7-12-19(15-23-16)26-14-6-5-13-22-20(25)24-18-10-8-17(9-11-18)21(2,3)4/h7-12,15H,13-14H2,1-4H3,(H2,22,24,25). The van der Waals surface area contributed by atoms with Gasteiger partial charge in [-0.3, -0.25) is 4.98 Å². The highest BCUT2D eigenvalue weighted by molar-refractivity contribution is 5.89. The Labute approximate surface area is 155 Å². The minimum Gasteiger partial charge on any atom is -0.479 e. The molecule has 0 saturated heterocycles. The number of benzene rings is 1. The molecule has 2 amide bonds. The molecule has 0 aliphatic heterocycles. The zero-order chi connectivity index (χ0) is 19.0. The van der Waals surface area contributed by atoms with Crippen molar-refractivity contribution in [1.29, 1.82) is 0 Å². The monoisotopic (exact) mass is 351 g/mol. The Morgan fingerprint density at radius 3 is 2.46 bits per heavy atom. The van der Waals surface area contributed by atoms with Crippen LogP contribution >= 0.6 is 0 Å². The molecule has 0 aliphatic rings. The van der Waals surface area contributed by atoms with Crippen molar-refractivity contribution in [1.82, 2.24) is 10.3 Å². The number of carbonyl (C=O) groups excluding carboxylic acids is 1. The molecule has 1 aromatic carbocycles. The van der Waals surface area contributed by atoms with Crippen LogP contribution in [-0.2, 0) is 5.41 Å². The number of aryl methyl sites for hydroxylation is 1. The number of rotatable bonds is 4. The van der Waals surface area contributed by atoms with Gasteiger partial charge in [0.05, 0.1) is 12.7 Å². The first-order chi connectivity index (χ1) is 12.3. The predicted octanol–water partition coefficient (Wildman–Crippen LogP) is 3.89. The molecular formula is C21H25N3O2. The topological polar surface area (TPSA) is 63.2 Å². The molecule has 2 N–H and O–H groups in total. The number of amides is 2. The number of anilines is 1. The van der Waals surface area contributed by atoms with E-state index < -0.39 is 0 Å². The lowest BCUT2D eigenvalue weighted by Gasteiger charge is -2.19. The van der Waals surface area contributed by atoms with Gasteiger partial charge in [-0.1, -0.05) is 44.7 Å². The van der Waals surface area contributed by atoms with Crippen LogP contribution in [0.5, 0.6) is 5.75 Å². The highest BCUT2D eigenvalue weighted by atomic mass is 16.5. The van der Waals surface area contributed by atoms with E-state index in [2.05, 4.69) is 48.2 Å². The highest BCUT2D eigenvalue weighted by Gasteiger charge is 2.13. The molecule has 1 aromatic heterocycles. The minimum absolute atomic E-state index is 0.0904. The molecule has 2 aromatic rings. The average molecular weight is 351 g/mol. The maximum Gasteiger partial charge on any atom is 0.319 e. The zero-order valence-corrected chi connectivity index (χ0v) is 15.7. The van der Waals surface area contributed by atoms with E-state index in [1.807, 2.05) is 43.3 Å². The average Bonchev–Trinajstić information content (AvgIpc) is 2.59. The summed E-state index contributed by atoms with van der Waals surface area (Å²) < 4.78 is 5.44. The van der Waals surface area contributed by atoms with Gasteiger partial charge in [-0.25, -0.2) is 4.79 Å². The number of nitrogens with zero attached hydrogens (tertiary/aromatic N) is 1. The van der Waals surface area contributed by atoms with Gasteiger partial charge < -0.3 is 15.4 Å². The third-order valence-corrected chi connectivity index (χ3v) is 3.67. The quantitative estimate of drug-likeness (QED) is 0.822. The first-order valence-electron chi connectivity index (χ1n) is 8.51. The number of ether oxygens (including phenoxy) is 1. The van der Waals surface area contributed by atoms with Gasteiger partial charge in [-0.2, -0.15) is 0 Å². The van der Waals surface area contributed by atoms with E-state index in [4.69, 9.17) is 4.74 Å². The van der Waals surface area contributed by atoms with Gasteiger partial charge in [0.1, 0.15) is 12.4 Å². The number of hydrogen-bond donors (Lipinski definition) is 2. The lowest BCUT2D eigenvalue weighted by Crippen LogP contribution is -2.29. The van der Waals surface area contributed by atoms with Gasteiger partial charge in [0.25, 0.3) is 0 Å². The number of carbonyl (C=O) groups is 1. The van der Waals surface area contributed by atoms with Crippen LogP contribution in [0.1, 0.15) is 32.0 Å². The first-order valence-corrected chi connectivity index (χ1v) is 8.51. The van der Waals surface area contributed by atoms with E-state index in [9.17, 15) is 4.79 Å². The van der Waals surface area contributed by atoms with Gasteiger partial charge in [-0.05, 0) is 42.2 Å². The van der Waals surface area contributed by atoms with Crippen LogP contribution in [0.2, 0.25) is 0 Å². The van der Waals surface area contributed by atoms with Crippen molar-refractivity contribution in [2.75, 3.05) is 18.5 Å². The molecule has 1 heterocycles. The molecule has 0 radical (unpaired) electrons. The Balaban J connectivity index is 1.70. The second kappa shape index (κ2) is 8.91. The molecule has 0 atom stereocenters. The van der Waals surface area contributed by atoms with Crippen LogP contribution < -0.4 is 15.4 Å². The third-order valence-electron chi connectivity index (χ3n) is 3.67. The molecule has 0 bridgehead atoms. The second-order valence-electron chi connectivity index (χ2n) is 6.91. The Hall–Kier alpha value is -3.00. The van der Waals surface area contributed by atoms with Crippen molar-refractivity contribution in [3.63, 3.8) is 0 Å². The molecule has 0 saturated carbocycles. The SMILES string of the molecule is Cc1ccc(OCC#CCNC(=O)Nc2ccc(C(C)(C)C)cc2)cn1. The molecule has 2 rings (SSSR count). The Kier molecular flexibility index (Phi) is 6.62. The molecule has 0 spiro atoms. The normalized spacial score (nSPS) is 10.5. The summed E-state index contributed by atoms with van der Waals surface area (Å²) in [7, 11) is 0. The van der Waals surface area contributed by atoms with E-state index in [0.29, 0.717) is 5.75 Å². The van der Waals surface area contributed by atoms with Crippen molar-refractivity contribution >= 4 is 11.7 Å². The van der Waals surface area contributed by atoms with Crippen LogP contribution in [0.4, 0.5) is 10.5 Å². The maximum absolute atomic E-state index is 11.9. The summed E-state index contributed by atoms with van der Waals surface area (Å²) in [5.41, 5.74) is 3.00. The van der Waals surface area contributed by atoms with Crippen molar-refractivity contribution in [3.05, 3.63) is 53.9 Å². The van der Waals surface area contributed by atoms with Gasteiger partial charge >= 0.3 is 6.03 Å². The summed E-state index contributed by atoms with van der Waals surface area (Å²) in [5.74, 6) is 6.37. The summed E-state index contributed by atoms with van der Waals surface area (Å²) in [6.45, 7) is 8.88. The number of pyridine rings is 1. The summed E-state index contributed by atoms with van der Waals surface area (Å²) in [4.78, 5) is 16.0. The van der Waals surface area contributed by atoms with Crippen molar-refractivity contribution in [3.8, 4) is 17.6 Å². The van der Waals surface area contributed by atoms with E-state index in [-0.39, 0.29) is 24.6 Å². The van der Waals surface area contributed by atoms with Crippen LogP contribution in [0.15, 0.2) is 42.6 Å². The Bertz CT molecular complexity index is 779. The lowest BCUT2D eigenvalue weighted by atomic mass is 9.87. The lowest BCUT2D eigenvalue weighted by molar-refractivity contribution is 0.253. The fraction of sp³-hybridized carbons (Fsp3) is 0.333. The van der Waals surface area contributed by atoms with E-state index >= 15 is 0 Å². The van der Waals surface area contributed by atoms with Gasteiger partial charge in [0.2, 0.25) is 0 Å². The molecular weight excluding hydrogens is 326 g/mol. The third kappa shape index (κ3) is 6.48. The smallest absolute Gasteiger partial charge is 0.319 e. The number of aromatic nitrogens is 1. The number of nitrogens with one attached hydrogen (secondary N) is 2. The van der Waals surface area contributed by atoms with E-state index in [1.165, 1.54) is 5.56 Å². The number of urea groups is 1. The zero-order valence-electron chi connectivity index (χ0n) is 15.7. The van der Waals surface area contributed by atoms with Crippen LogP contribution in [0, 0.1) is 18.8 Å². The first kappa shape index (κ1) is 19.3. The number of hydrogen-bond acceptors (Lipinski definition) is 3. The van der Waals surface area contributed by atoms with Crippen LogP contribution in [-0.4, -0.2) is 24.2 Å². The Morgan fingerprint density at radius 2 is 1.85 bits per heavy atom. The predicted molar refractivity (Wildman–Crippen MR) is 104 cm³/mol. The summed E-state index contributed by atoms with van der Waals surface area (Å²) in [6.07, 6.45) is 1.66. The Morgan fingerprint density at radius 1 is 1.12 bits per heavy atom. The molecule has 136 valence electrons. The maximum atomic E-state index is 11.9. The minimum atomic E-state index is -0.286. The van der Waals surface area contributed by atoms with Gasteiger partial charge in [0.15, 0.2) is 0 Å². The van der Waals surface area contributed by atoms with Crippen molar-refractivity contribution < 1.29 is 9.53 Å². The van der Waals surface area contributed by atoms with E-state index in [0.717, 1.165) is 11.4 Å². The molecule has 26 heavy (non-hydrogen) atoms. The van der Waals surface area contributed by atoms with Crippen LogP contribution in [0.3, 0.4) is 0 Å². The molecule has 0 unspecified atom stereocenters. The highest BCUT2D eigenvalue weighted by Crippen LogP contribution is 2.23. The van der Waals surface area contributed by atoms with Gasteiger partial charge in [0, 0.05) is 11.4 Å². The molecule has 0 fully saturated rings. The molecule has 0 aliphatic carbocycles. The fourth-order valence-corrected chi connectivity index (χ4v) is 2.13. The second-order valence-corrected chi connectivity index (χ2v) is 6.91. The molecule has 5 heteroatoms. The van der Waals surface area contributed by atoms with Crippen molar-refractivity contribution in [2.24, 2.45) is 0 Å². The van der Waals surface area contributed by atoms with Gasteiger partial charge in [-0.15, -0.1) is 0 Å². The summed E-state index contributed by atoms with van der Waals surface area (Å²) in [6, 6.07) is 11.3. The largest absolute Gasteiger partial charge is 0.479 e. The summed E-state index contributed by atoms with van der Waals surface area (Å²) >= 11 is 0. The van der Waals surface area contributed by atoms with Crippen molar-refractivity contribution in [2.45, 2.75) is 33.1 Å². The summed E-state index contributed by atoms with van der Waals surface area (Å²) in [5, 5.41) is 5.48. The molecule has 5 nitrogen and oxygen atoms in total. The van der Waals surface area contributed by atoms with Crippen LogP contribution in [0.25, 0.3) is 0 Å². The van der Waals surface area contributed by atoms with E-state index in [1.54, 1.807) is 6.20 Å².